The van der Waals surface area contributed by atoms with Gasteiger partial charge in [-0.25, -0.2) is 4.39 Å². The molecule has 1 heterocycles. The molecule has 0 aliphatic rings. The second-order valence-corrected chi connectivity index (χ2v) is 6.01. The topological polar surface area (TPSA) is 17.1 Å². The van der Waals surface area contributed by atoms with E-state index in [0.717, 1.165) is 5.56 Å². The second kappa shape index (κ2) is 5.29. The molecule has 0 fully saturated rings. The van der Waals surface area contributed by atoms with Crippen LogP contribution in [0.25, 0.3) is 0 Å². The van der Waals surface area contributed by atoms with Crippen LogP contribution in [-0.4, -0.2) is 5.78 Å². The Kier molecular flexibility index (Phi) is 3.97. The van der Waals surface area contributed by atoms with E-state index in [1.165, 1.54) is 23.5 Å². The summed E-state index contributed by atoms with van der Waals surface area (Å²) in [7, 11) is 0. The number of hydrogen-bond acceptors (Lipinski definition) is 2. The number of thiophene rings is 1. The first-order chi connectivity index (χ1) is 8.06. The third-order valence-electron chi connectivity index (χ3n) is 2.21. The van der Waals surface area contributed by atoms with Gasteiger partial charge in [0.25, 0.3) is 0 Å². The van der Waals surface area contributed by atoms with E-state index in [1.54, 1.807) is 18.2 Å². The summed E-state index contributed by atoms with van der Waals surface area (Å²) in [5.41, 5.74) is 0.765. The summed E-state index contributed by atoms with van der Waals surface area (Å²) in [4.78, 5) is 12.5. The van der Waals surface area contributed by atoms with Crippen LogP contribution in [0.1, 0.15) is 15.2 Å². The van der Waals surface area contributed by atoms with E-state index in [1.807, 2.05) is 0 Å². The minimum Gasteiger partial charge on any atom is -0.293 e. The molecular formula is C12H7BrClFOS. The molecule has 0 aliphatic heterocycles. The fourth-order valence-electron chi connectivity index (χ4n) is 1.39. The summed E-state index contributed by atoms with van der Waals surface area (Å²) < 4.78 is 14.1. The Morgan fingerprint density at radius 2 is 2.12 bits per heavy atom. The molecule has 2 aromatic rings. The lowest BCUT2D eigenvalue weighted by molar-refractivity contribution is 0.0996. The van der Waals surface area contributed by atoms with Gasteiger partial charge in [-0.1, -0.05) is 33.6 Å². The SMILES string of the molecule is O=C(Cc1ccc(F)cc1Br)c1ccc(Cl)s1. The van der Waals surface area contributed by atoms with Crippen molar-refractivity contribution >= 4 is 44.7 Å². The Morgan fingerprint density at radius 3 is 2.71 bits per heavy atom. The molecule has 0 aliphatic carbocycles. The van der Waals surface area contributed by atoms with Crippen molar-refractivity contribution in [1.82, 2.24) is 0 Å². The van der Waals surface area contributed by atoms with Crippen LogP contribution in [0.2, 0.25) is 4.34 Å². The molecule has 0 N–H and O–H groups in total. The first kappa shape index (κ1) is 12.7. The molecule has 88 valence electrons. The zero-order chi connectivity index (χ0) is 12.4. The predicted molar refractivity (Wildman–Crippen MR) is 71.5 cm³/mol. The molecule has 5 heteroatoms. The molecule has 0 spiro atoms. The number of halogens is 3. The van der Waals surface area contributed by atoms with Crippen LogP contribution in [0.15, 0.2) is 34.8 Å². The van der Waals surface area contributed by atoms with E-state index in [4.69, 9.17) is 11.6 Å². The smallest absolute Gasteiger partial charge is 0.177 e. The quantitative estimate of drug-likeness (QED) is 0.742. The van der Waals surface area contributed by atoms with Crippen molar-refractivity contribution in [3.63, 3.8) is 0 Å². The van der Waals surface area contributed by atoms with Crippen molar-refractivity contribution in [2.24, 2.45) is 0 Å². The number of ketones is 1. The van der Waals surface area contributed by atoms with Crippen LogP contribution in [-0.2, 0) is 6.42 Å². The predicted octanol–water partition coefficient (Wildman–Crippen LogP) is 4.73. The number of carbonyl (C=O) groups is 1. The summed E-state index contributed by atoms with van der Waals surface area (Å²) >= 11 is 10.3. The Hall–Kier alpha value is -0.710. The molecule has 0 bridgehead atoms. The molecule has 0 atom stereocenters. The summed E-state index contributed by atoms with van der Waals surface area (Å²) in [5.74, 6) is -0.346. The Balaban J connectivity index is 2.18. The van der Waals surface area contributed by atoms with Crippen molar-refractivity contribution in [2.75, 3.05) is 0 Å². The lowest BCUT2D eigenvalue weighted by Gasteiger charge is -2.02. The van der Waals surface area contributed by atoms with Crippen LogP contribution in [0.5, 0.6) is 0 Å². The standard InChI is InChI=1S/C12H7BrClFOS/c13-9-6-8(15)2-1-7(9)5-10(16)11-3-4-12(14)17-11/h1-4,6H,5H2. The van der Waals surface area contributed by atoms with Crippen molar-refractivity contribution in [1.29, 1.82) is 0 Å². The highest BCUT2D eigenvalue weighted by atomic mass is 79.9. The highest BCUT2D eigenvalue weighted by Gasteiger charge is 2.12. The van der Waals surface area contributed by atoms with Crippen LogP contribution < -0.4 is 0 Å². The zero-order valence-electron chi connectivity index (χ0n) is 8.54. The van der Waals surface area contributed by atoms with Crippen LogP contribution in [0.3, 0.4) is 0 Å². The normalized spacial score (nSPS) is 10.5. The fraction of sp³-hybridized carbons (Fsp3) is 0.0833. The molecule has 2 rings (SSSR count). The van der Waals surface area contributed by atoms with Crippen molar-refractivity contribution in [3.8, 4) is 0 Å². The van der Waals surface area contributed by atoms with E-state index in [-0.39, 0.29) is 18.0 Å². The molecule has 0 radical (unpaired) electrons. The molecule has 0 unspecified atom stereocenters. The summed E-state index contributed by atoms with van der Waals surface area (Å²) in [6, 6.07) is 7.69. The molecule has 0 amide bonds. The van der Waals surface area contributed by atoms with E-state index in [0.29, 0.717) is 13.7 Å². The van der Waals surface area contributed by atoms with Gasteiger partial charge in [-0.2, -0.15) is 0 Å². The number of Topliss-reactive ketones (excluding diaryl/α,β-unsaturated/α-hetero) is 1. The minimum atomic E-state index is -0.327. The van der Waals surface area contributed by atoms with E-state index < -0.39 is 0 Å². The second-order valence-electron chi connectivity index (χ2n) is 3.44. The highest BCUT2D eigenvalue weighted by Crippen LogP contribution is 2.25. The Labute approximate surface area is 115 Å². The molecule has 17 heavy (non-hydrogen) atoms. The molecule has 0 saturated heterocycles. The summed E-state index contributed by atoms with van der Waals surface area (Å²) in [6.45, 7) is 0. The minimum absolute atomic E-state index is 0.0193. The van der Waals surface area contributed by atoms with E-state index >= 15 is 0 Å². The van der Waals surface area contributed by atoms with Gasteiger partial charge in [0.1, 0.15) is 5.82 Å². The number of benzene rings is 1. The first-order valence-corrected chi connectivity index (χ1v) is 6.77. The average molecular weight is 334 g/mol. The maximum absolute atomic E-state index is 12.9. The van der Waals surface area contributed by atoms with E-state index in [9.17, 15) is 9.18 Å². The Bertz CT molecular complexity index is 567. The van der Waals surface area contributed by atoms with Gasteiger partial charge >= 0.3 is 0 Å². The highest BCUT2D eigenvalue weighted by molar-refractivity contribution is 9.10. The molecule has 1 aromatic heterocycles. The number of carbonyl (C=O) groups excluding carboxylic acids is 1. The first-order valence-electron chi connectivity index (χ1n) is 4.79. The monoisotopic (exact) mass is 332 g/mol. The zero-order valence-corrected chi connectivity index (χ0v) is 11.7. The van der Waals surface area contributed by atoms with Gasteiger partial charge in [-0.3, -0.25) is 4.79 Å². The van der Waals surface area contributed by atoms with Crippen LogP contribution >= 0.6 is 38.9 Å². The van der Waals surface area contributed by atoms with Gasteiger partial charge in [-0.05, 0) is 29.8 Å². The van der Waals surface area contributed by atoms with Gasteiger partial charge < -0.3 is 0 Å². The van der Waals surface area contributed by atoms with Crippen LogP contribution in [0.4, 0.5) is 4.39 Å². The van der Waals surface area contributed by atoms with E-state index in [2.05, 4.69) is 15.9 Å². The maximum Gasteiger partial charge on any atom is 0.177 e. The average Bonchev–Trinajstić information content (AvgIpc) is 2.69. The van der Waals surface area contributed by atoms with Crippen molar-refractivity contribution in [2.45, 2.75) is 6.42 Å². The molecule has 1 aromatic carbocycles. The van der Waals surface area contributed by atoms with Gasteiger partial charge in [-0.15, -0.1) is 11.3 Å². The Morgan fingerprint density at radius 1 is 1.35 bits per heavy atom. The largest absolute Gasteiger partial charge is 0.293 e. The third kappa shape index (κ3) is 3.15. The van der Waals surface area contributed by atoms with Gasteiger partial charge in [0, 0.05) is 10.9 Å². The molecular weight excluding hydrogens is 327 g/mol. The number of rotatable bonds is 3. The van der Waals surface area contributed by atoms with Crippen molar-refractivity contribution < 1.29 is 9.18 Å². The fourth-order valence-corrected chi connectivity index (χ4v) is 2.86. The third-order valence-corrected chi connectivity index (χ3v) is 4.22. The summed E-state index contributed by atoms with van der Waals surface area (Å²) in [6.07, 6.45) is 0.234. The molecule has 0 saturated carbocycles. The maximum atomic E-state index is 12.9. The van der Waals surface area contributed by atoms with Crippen LogP contribution in [0, 0.1) is 5.82 Å². The summed E-state index contributed by atoms with van der Waals surface area (Å²) in [5, 5.41) is 0. The lowest BCUT2D eigenvalue weighted by atomic mass is 10.1. The van der Waals surface area contributed by atoms with Gasteiger partial charge in [0.2, 0.25) is 0 Å². The number of hydrogen-bond donors (Lipinski definition) is 0. The van der Waals surface area contributed by atoms with Gasteiger partial charge in [0.05, 0.1) is 9.21 Å². The molecule has 1 nitrogen and oxygen atoms in total. The van der Waals surface area contributed by atoms with Gasteiger partial charge in [0.15, 0.2) is 5.78 Å². The lowest BCUT2D eigenvalue weighted by Crippen LogP contribution is -2.01. The van der Waals surface area contributed by atoms with Crippen molar-refractivity contribution in [3.05, 3.63) is 55.4 Å².